The van der Waals surface area contributed by atoms with E-state index in [1.807, 2.05) is 6.92 Å². The number of fused-ring (bicyclic) bond motifs is 1. The van der Waals surface area contributed by atoms with Crippen molar-refractivity contribution in [2.24, 2.45) is 0 Å². The Balaban J connectivity index is 2.01. The molecule has 2 atom stereocenters. The van der Waals surface area contributed by atoms with E-state index in [1.165, 1.54) is 13.2 Å². The maximum absolute atomic E-state index is 13.2. The third-order valence-electron chi connectivity index (χ3n) is 5.13. The Bertz CT molecular complexity index is 1140. The van der Waals surface area contributed by atoms with Gasteiger partial charge in [-0.1, -0.05) is 0 Å². The molecule has 178 valence electrons. The zero-order valence-electron chi connectivity index (χ0n) is 19.1. The third kappa shape index (κ3) is 5.75. The summed E-state index contributed by atoms with van der Waals surface area (Å²) < 4.78 is 56.2. The van der Waals surface area contributed by atoms with Crippen molar-refractivity contribution < 1.29 is 27.4 Å². The standard InChI is InChI=1S/C23H27F3N4O3/c1-12(31-4)11-33-21-9-18-19(10-20(21)32-5)29-14(3)30-22(18)28-13(2)15-6-16(23(24,25)26)8-17(27)7-15/h6-10,12-13H,11,27H2,1-5H3,(H,28,29,30)/t12-,13+/m0/s1. The Kier molecular flexibility index (Phi) is 7.16. The number of halogens is 3. The molecule has 0 fully saturated rings. The number of hydrogen-bond acceptors (Lipinski definition) is 7. The van der Waals surface area contributed by atoms with Crippen LogP contribution in [0.3, 0.4) is 0 Å². The number of nitrogens with one attached hydrogen (secondary N) is 1. The molecule has 1 heterocycles. The lowest BCUT2D eigenvalue weighted by molar-refractivity contribution is -0.137. The minimum absolute atomic E-state index is 0.0323. The number of rotatable bonds is 8. The second kappa shape index (κ2) is 9.70. The molecule has 0 bridgehead atoms. The number of alkyl halides is 3. The molecule has 1 aromatic heterocycles. The summed E-state index contributed by atoms with van der Waals surface area (Å²) in [4.78, 5) is 8.93. The fraction of sp³-hybridized carbons (Fsp3) is 0.391. The summed E-state index contributed by atoms with van der Waals surface area (Å²) >= 11 is 0. The second-order valence-electron chi connectivity index (χ2n) is 7.75. The van der Waals surface area contributed by atoms with Gasteiger partial charge in [-0.05, 0) is 50.6 Å². The first kappa shape index (κ1) is 24.4. The highest BCUT2D eigenvalue weighted by Gasteiger charge is 2.31. The average Bonchev–Trinajstić information content (AvgIpc) is 2.75. The fourth-order valence-corrected chi connectivity index (χ4v) is 3.29. The molecule has 0 unspecified atom stereocenters. The third-order valence-corrected chi connectivity index (χ3v) is 5.13. The smallest absolute Gasteiger partial charge is 0.416 e. The lowest BCUT2D eigenvalue weighted by Crippen LogP contribution is -2.16. The van der Waals surface area contributed by atoms with Gasteiger partial charge in [-0.25, -0.2) is 9.97 Å². The molecule has 3 N–H and O–H groups in total. The van der Waals surface area contributed by atoms with Crippen molar-refractivity contribution in [2.45, 2.75) is 39.1 Å². The Labute approximate surface area is 190 Å². The maximum Gasteiger partial charge on any atom is 0.416 e. The number of ether oxygens (including phenoxy) is 3. The van der Waals surface area contributed by atoms with Crippen LogP contribution in [-0.2, 0) is 10.9 Å². The van der Waals surface area contributed by atoms with Crippen molar-refractivity contribution in [2.75, 3.05) is 31.9 Å². The first-order valence-electron chi connectivity index (χ1n) is 10.3. The summed E-state index contributed by atoms with van der Waals surface area (Å²) in [6.07, 6.45) is -4.63. The Morgan fingerprint density at radius 2 is 1.76 bits per heavy atom. The van der Waals surface area contributed by atoms with Gasteiger partial charge in [0, 0.05) is 24.2 Å². The van der Waals surface area contributed by atoms with Crippen LogP contribution < -0.4 is 20.5 Å². The molecule has 0 aliphatic heterocycles. The van der Waals surface area contributed by atoms with Crippen LogP contribution in [0, 0.1) is 6.92 Å². The van der Waals surface area contributed by atoms with Crippen molar-refractivity contribution in [3.63, 3.8) is 0 Å². The second-order valence-corrected chi connectivity index (χ2v) is 7.75. The highest BCUT2D eigenvalue weighted by Crippen LogP contribution is 2.37. The first-order valence-corrected chi connectivity index (χ1v) is 10.3. The largest absolute Gasteiger partial charge is 0.493 e. The van der Waals surface area contributed by atoms with Gasteiger partial charge in [0.2, 0.25) is 0 Å². The van der Waals surface area contributed by atoms with Gasteiger partial charge in [-0.15, -0.1) is 0 Å². The van der Waals surface area contributed by atoms with Gasteiger partial charge in [0.05, 0.1) is 30.3 Å². The van der Waals surface area contributed by atoms with E-state index in [4.69, 9.17) is 19.9 Å². The van der Waals surface area contributed by atoms with E-state index in [-0.39, 0.29) is 11.8 Å². The van der Waals surface area contributed by atoms with E-state index in [2.05, 4.69) is 15.3 Å². The molecule has 33 heavy (non-hydrogen) atoms. The minimum atomic E-state index is -4.50. The lowest BCUT2D eigenvalue weighted by Gasteiger charge is -2.20. The molecular weight excluding hydrogens is 437 g/mol. The molecule has 0 aliphatic rings. The molecule has 0 spiro atoms. The van der Waals surface area contributed by atoms with Crippen LogP contribution in [0.5, 0.6) is 11.5 Å². The van der Waals surface area contributed by atoms with Gasteiger partial charge in [0.1, 0.15) is 18.2 Å². The van der Waals surface area contributed by atoms with E-state index < -0.39 is 17.8 Å². The molecule has 0 saturated carbocycles. The minimum Gasteiger partial charge on any atom is -0.493 e. The predicted molar refractivity (Wildman–Crippen MR) is 121 cm³/mol. The maximum atomic E-state index is 13.2. The summed E-state index contributed by atoms with van der Waals surface area (Å²) in [5.74, 6) is 1.91. The van der Waals surface area contributed by atoms with Crippen LogP contribution in [0.15, 0.2) is 30.3 Å². The lowest BCUT2D eigenvalue weighted by atomic mass is 10.0. The fourth-order valence-electron chi connectivity index (χ4n) is 3.29. The van der Waals surface area contributed by atoms with Gasteiger partial charge in [0.15, 0.2) is 11.5 Å². The molecule has 0 amide bonds. The number of benzene rings is 2. The van der Waals surface area contributed by atoms with Crippen molar-refractivity contribution in [3.8, 4) is 11.5 Å². The summed E-state index contributed by atoms with van der Waals surface area (Å²) in [6.45, 7) is 5.64. The van der Waals surface area contributed by atoms with E-state index in [1.54, 1.807) is 33.1 Å². The zero-order valence-corrected chi connectivity index (χ0v) is 19.1. The van der Waals surface area contributed by atoms with Crippen molar-refractivity contribution >= 4 is 22.4 Å². The molecule has 7 nitrogen and oxygen atoms in total. The number of methoxy groups -OCH3 is 2. The van der Waals surface area contributed by atoms with Crippen molar-refractivity contribution in [1.82, 2.24) is 9.97 Å². The van der Waals surface area contributed by atoms with E-state index >= 15 is 0 Å². The van der Waals surface area contributed by atoms with Crippen LogP contribution in [0.2, 0.25) is 0 Å². The van der Waals surface area contributed by atoms with Crippen LogP contribution in [0.25, 0.3) is 10.9 Å². The van der Waals surface area contributed by atoms with Gasteiger partial charge in [-0.3, -0.25) is 0 Å². The van der Waals surface area contributed by atoms with Crippen LogP contribution in [-0.4, -0.2) is 36.9 Å². The summed E-state index contributed by atoms with van der Waals surface area (Å²) in [6, 6.07) is 6.45. The SMILES string of the molecule is COc1cc2nc(C)nc(N[C@H](C)c3cc(N)cc(C(F)(F)F)c3)c2cc1OC[C@H](C)OC. The van der Waals surface area contributed by atoms with E-state index in [0.717, 1.165) is 12.1 Å². The number of anilines is 2. The molecule has 0 saturated heterocycles. The molecule has 3 aromatic rings. The normalized spacial score (nSPS) is 13.6. The summed E-state index contributed by atoms with van der Waals surface area (Å²) in [5, 5.41) is 3.83. The molecule has 3 rings (SSSR count). The molecule has 10 heteroatoms. The molecular formula is C23H27F3N4O3. The molecule has 0 radical (unpaired) electrons. The number of nitrogens with two attached hydrogens (primary N) is 1. The Hall–Kier alpha value is -3.27. The van der Waals surface area contributed by atoms with Crippen LogP contribution >= 0.6 is 0 Å². The topological polar surface area (TPSA) is 91.5 Å². The predicted octanol–water partition coefficient (Wildman–Crippen LogP) is 5.13. The van der Waals surface area contributed by atoms with Gasteiger partial charge in [-0.2, -0.15) is 13.2 Å². The molecule has 2 aromatic carbocycles. The quantitative estimate of drug-likeness (QED) is 0.446. The number of aryl methyl sites for hydroxylation is 1. The van der Waals surface area contributed by atoms with E-state index in [9.17, 15) is 13.2 Å². The van der Waals surface area contributed by atoms with Crippen molar-refractivity contribution in [1.29, 1.82) is 0 Å². The summed E-state index contributed by atoms with van der Waals surface area (Å²) in [7, 11) is 3.12. The van der Waals surface area contributed by atoms with Crippen LogP contribution in [0.1, 0.15) is 36.8 Å². The number of hydrogen-bond donors (Lipinski definition) is 2. The highest BCUT2D eigenvalue weighted by molar-refractivity contribution is 5.92. The van der Waals surface area contributed by atoms with Gasteiger partial charge >= 0.3 is 6.18 Å². The Morgan fingerprint density at radius 3 is 2.39 bits per heavy atom. The summed E-state index contributed by atoms with van der Waals surface area (Å²) in [5.41, 5.74) is 5.94. The van der Waals surface area contributed by atoms with Crippen molar-refractivity contribution in [3.05, 3.63) is 47.3 Å². The average molecular weight is 464 g/mol. The Morgan fingerprint density at radius 1 is 1.03 bits per heavy atom. The van der Waals surface area contributed by atoms with Gasteiger partial charge < -0.3 is 25.3 Å². The molecule has 0 aliphatic carbocycles. The number of aromatic nitrogens is 2. The van der Waals surface area contributed by atoms with E-state index in [0.29, 0.717) is 46.2 Å². The van der Waals surface area contributed by atoms with Crippen LogP contribution in [0.4, 0.5) is 24.7 Å². The number of nitrogens with zero attached hydrogens (tertiary/aromatic N) is 2. The highest BCUT2D eigenvalue weighted by atomic mass is 19.4. The number of nitrogen functional groups attached to an aromatic ring is 1. The van der Waals surface area contributed by atoms with Gasteiger partial charge in [0.25, 0.3) is 0 Å². The zero-order chi connectivity index (χ0) is 24.3. The monoisotopic (exact) mass is 464 g/mol. The first-order chi connectivity index (χ1) is 15.5.